The van der Waals surface area contributed by atoms with Crippen LogP contribution in [-0.2, 0) is 17.9 Å². The van der Waals surface area contributed by atoms with Gasteiger partial charge in [-0.25, -0.2) is 0 Å². The molecule has 0 saturated carbocycles. The first-order valence-corrected chi connectivity index (χ1v) is 11.5. The fourth-order valence-electron chi connectivity index (χ4n) is 4.01. The van der Waals surface area contributed by atoms with Gasteiger partial charge in [0.15, 0.2) is 5.76 Å². The van der Waals surface area contributed by atoms with Crippen molar-refractivity contribution in [1.29, 1.82) is 0 Å². The molecular weight excluding hydrogens is 392 g/mol. The summed E-state index contributed by atoms with van der Waals surface area (Å²) in [5.41, 5.74) is 1.06. The van der Waals surface area contributed by atoms with Gasteiger partial charge in [0.1, 0.15) is 5.76 Å². The maximum Gasteiger partial charge on any atom is 0.289 e. The van der Waals surface area contributed by atoms with Crippen LogP contribution in [0.25, 0.3) is 0 Å². The van der Waals surface area contributed by atoms with E-state index in [0.29, 0.717) is 18.8 Å². The Kier molecular flexibility index (Phi) is 7.96. The second kappa shape index (κ2) is 10.7. The highest BCUT2D eigenvalue weighted by molar-refractivity contribution is 5.91. The summed E-state index contributed by atoms with van der Waals surface area (Å²) in [6, 6.07) is 7.68. The summed E-state index contributed by atoms with van der Waals surface area (Å²) in [6.45, 7) is 14.3. The minimum absolute atomic E-state index is 0.0206. The number of carbonyl (C=O) groups excluding carboxylic acids is 2. The number of nitrogens with zero attached hydrogens (tertiary/aromatic N) is 4. The largest absolute Gasteiger partial charge is 0.454 e. The van der Waals surface area contributed by atoms with E-state index in [1.807, 2.05) is 48.0 Å². The van der Waals surface area contributed by atoms with Crippen LogP contribution in [0.15, 0.2) is 34.9 Å². The lowest BCUT2D eigenvalue weighted by molar-refractivity contribution is -0.135. The van der Waals surface area contributed by atoms with Crippen LogP contribution in [0.2, 0.25) is 0 Å². The smallest absolute Gasteiger partial charge is 0.289 e. The summed E-state index contributed by atoms with van der Waals surface area (Å²) in [6.07, 6.45) is 2.92. The fraction of sp³-hybridized carbons (Fsp3) is 0.583. The van der Waals surface area contributed by atoms with E-state index >= 15 is 0 Å². The fourth-order valence-corrected chi connectivity index (χ4v) is 4.01. The van der Waals surface area contributed by atoms with Crippen LogP contribution < -0.4 is 0 Å². The Morgan fingerprint density at radius 3 is 2.48 bits per heavy atom. The summed E-state index contributed by atoms with van der Waals surface area (Å²) in [5, 5.41) is 0. The maximum absolute atomic E-state index is 12.8. The highest BCUT2D eigenvalue weighted by Gasteiger charge is 2.24. The second-order valence-corrected chi connectivity index (χ2v) is 8.53. The molecule has 3 rings (SSSR count). The molecule has 2 aromatic rings. The first-order chi connectivity index (χ1) is 14.9. The zero-order valence-electron chi connectivity index (χ0n) is 19.3. The number of hydrogen-bond donors (Lipinski definition) is 0. The van der Waals surface area contributed by atoms with Gasteiger partial charge in [-0.05, 0) is 37.2 Å². The molecule has 0 atom stereocenters. The number of amides is 2. The Bertz CT molecular complexity index is 862. The third-order valence-corrected chi connectivity index (χ3v) is 5.88. The number of hydrogen-bond acceptors (Lipinski definition) is 4. The summed E-state index contributed by atoms with van der Waals surface area (Å²) < 4.78 is 8.00. The Hall–Kier alpha value is -2.54. The van der Waals surface area contributed by atoms with Crippen LogP contribution >= 0.6 is 0 Å². The molecule has 0 aliphatic carbocycles. The number of carbonyl (C=O) groups is 2. The molecule has 31 heavy (non-hydrogen) atoms. The Morgan fingerprint density at radius 1 is 1.10 bits per heavy atom. The van der Waals surface area contributed by atoms with Gasteiger partial charge in [0.2, 0.25) is 5.91 Å². The monoisotopic (exact) mass is 428 g/mol. The van der Waals surface area contributed by atoms with Crippen molar-refractivity contribution < 1.29 is 14.0 Å². The van der Waals surface area contributed by atoms with Crippen molar-refractivity contribution in [3.63, 3.8) is 0 Å². The molecule has 7 heteroatoms. The lowest BCUT2D eigenvalue weighted by atomic mass is 10.2. The summed E-state index contributed by atoms with van der Waals surface area (Å²) >= 11 is 0. The minimum atomic E-state index is -0.0358. The Labute approximate surface area is 185 Å². The molecule has 1 aliphatic rings. The van der Waals surface area contributed by atoms with Crippen LogP contribution in [0.3, 0.4) is 0 Å². The van der Waals surface area contributed by atoms with Crippen molar-refractivity contribution in [2.45, 2.75) is 47.2 Å². The summed E-state index contributed by atoms with van der Waals surface area (Å²) in [4.78, 5) is 31.5. The van der Waals surface area contributed by atoms with Gasteiger partial charge in [-0.2, -0.15) is 0 Å². The topological polar surface area (TPSA) is 61.9 Å². The third-order valence-electron chi connectivity index (χ3n) is 5.88. The van der Waals surface area contributed by atoms with Crippen LogP contribution in [-0.4, -0.2) is 70.3 Å². The van der Waals surface area contributed by atoms with Gasteiger partial charge in [-0.3, -0.25) is 9.59 Å². The Balaban J connectivity index is 1.64. The number of aromatic nitrogens is 1. The van der Waals surface area contributed by atoms with Gasteiger partial charge in [0.05, 0.1) is 13.1 Å². The number of furan rings is 1. The third kappa shape index (κ3) is 5.79. The molecule has 0 radical (unpaired) electrons. The standard InChI is InChI=1S/C24H36N4O3/c1-5-11-28(23(29)19(3)4)17-20-8-7-12-27(20)18-21-9-10-22(31-21)24(30)26-15-13-25(6-2)14-16-26/h7-10,12,19H,5-6,11,13-18H2,1-4H3. The van der Waals surface area contributed by atoms with Gasteiger partial charge in [0.25, 0.3) is 5.91 Å². The molecule has 0 N–H and O–H groups in total. The molecule has 2 amide bonds. The van der Waals surface area contributed by atoms with Gasteiger partial charge in [0, 0.05) is 50.5 Å². The van der Waals surface area contributed by atoms with E-state index in [2.05, 4.69) is 23.3 Å². The zero-order valence-corrected chi connectivity index (χ0v) is 19.3. The van der Waals surface area contributed by atoms with Crippen LogP contribution in [0.5, 0.6) is 0 Å². The molecule has 0 spiro atoms. The van der Waals surface area contributed by atoms with E-state index in [4.69, 9.17) is 4.42 Å². The molecule has 0 bridgehead atoms. The molecule has 0 aromatic carbocycles. The van der Waals surface area contributed by atoms with E-state index in [1.165, 1.54) is 0 Å². The SMILES string of the molecule is CCCN(Cc1cccn1Cc1ccc(C(=O)N2CCN(CC)CC2)o1)C(=O)C(C)C. The summed E-state index contributed by atoms with van der Waals surface area (Å²) in [7, 11) is 0. The average molecular weight is 429 g/mol. The molecule has 1 fully saturated rings. The quantitative estimate of drug-likeness (QED) is 0.615. The molecule has 170 valence electrons. The first-order valence-electron chi connectivity index (χ1n) is 11.5. The molecule has 0 unspecified atom stereocenters. The van der Waals surface area contributed by atoms with Gasteiger partial charge in [-0.15, -0.1) is 0 Å². The van der Waals surface area contributed by atoms with E-state index in [-0.39, 0.29) is 17.7 Å². The normalized spacial score (nSPS) is 14.9. The second-order valence-electron chi connectivity index (χ2n) is 8.53. The van der Waals surface area contributed by atoms with E-state index < -0.39 is 0 Å². The van der Waals surface area contributed by atoms with Crippen molar-refractivity contribution in [2.24, 2.45) is 5.92 Å². The number of rotatable bonds is 9. The number of piperazine rings is 1. The maximum atomic E-state index is 12.8. The van der Waals surface area contributed by atoms with Crippen LogP contribution in [0.1, 0.15) is 56.1 Å². The van der Waals surface area contributed by atoms with Gasteiger partial charge < -0.3 is 23.7 Å². The highest BCUT2D eigenvalue weighted by atomic mass is 16.4. The van der Waals surface area contributed by atoms with E-state index in [1.54, 1.807) is 6.07 Å². The molecular formula is C24H36N4O3. The highest BCUT2D eigenvalue weighted by Crippen LogP contribution is 2.17. The van der Waals surface area contributed by atoms with E-state index in [9.17, 15) is 9.59 Å². The molecule has 3 heterocycles. The first kappa shape index (κ1) is 23.1. The molecule has 2 aromatic heterocycles. The van der Waals surface area contributed by atoms with Crippen molar-refractivity contribution >= 4 is 11.8 Å². The minimum Gasteiger partial charge on any atom is -0.454 e. The van der Waals surface area contributed by atoms with Gasteiger partial charge in [-0.1, -0.05) is 27.7 Å². The lowest BCUT2D eigenvalue weighted by Gasteiger charge is -2.33. The van der Waals surface area contributed by atoms with Gasteiger partial charge >= 0.3 is 0 Å². The Morgan fingerprint density at radius 2 is 1.84 bits per heavy atom. The average Bonchev–Trinajstić information content (AvgIpc) is 3.42. The zero-order chi connectivity index (χ0) is 22.4. The predicted molar refractivity (Wildman–Crippen MR) is 121 cm³/mol. The van der Waals surface area contributed by atoms with Crippen LogP contribution in [0, 0.1) is 5.92 Å². The number of likely N-dealkylation sites (N-methyl/N-ethyl adjacent to an activating group) is 1. The molecule has 7 nitrogen and oxygen atoms in total. The van der Waals surface area contributed by atoms with Crippen molar-refractivity contribution in [1.82, 2.24) is 19.3 Å². The van der Waals surface area contributed by atoms with E-state index in [0.717, 1.165) is 57.1 Å². The molecule has 1 aliphatic heterocycles. The predicted octanol–water partition coefficient (Wildman–Crippen LogP) is 3.30. The lowest BCUT2D eigenvalue weighted by Crippen LogP contribution is -2.48. The van der Waals surface area contributed by atoms with Crippen molar-refractivity contribution in [3.8, 4) is 0 Å². The van der Waals surface area contributed by atoms with Crippen LogP contribution in [0.4, 0.5) is 0 Å². The van der Waals surface area contributed by atoms with Crippen molar-refractivity contribution in [3.05, 3.63) is 47.7 Å². The summed E-state index contributed by atoms with van der Waals surface area (Å²) in [5.74, 6) is 1.25. The van der Waals surface area contributed by atoms with Crippen molar-refractivity contribution in [2.75, 3.05) is 39.3 Å². The molecule has 1 saturated heterocycles.